The van der Waals surface area contributed by atoms with Gasteiger partial charge in [-0.25, -0.2) is 4.68 Å². The lowest BCUT2D eigenvalue weighted by molar-refractivity contribution is -0.116. The fourth-order valence-corrected chi connectivity index (χ4v) is 3.96. The van der Waals surface area contributed by atoms with Crippen LogP contribution in [0.3, 0.4) is 0 Å². The van der Waals surface area contributed by atoms with Crippen LogP contribution in [-0.2, 0) is 17.6 Å². The van der Waals surface area contributed by atoms with E-state index in [0.717, 1.165) is 39.7 Å². The van der Waals surface area contributed by atoms with Gasteiger partial charge < -0.3 is 19.5 Å². The van der Waals surface area contributed by atoms with Gasteiger partial charge in [0.1, 0.15) is 17.2 Å². The fourth-order valence-electron chi connectivity index (χ4n) is 3.96. The van der Waals surface area contributed by atoms with Gasteiger partial charge in [-0.1, -0.05) is 19.1 Å². The van der Waals surface area contributed by atoms with Crippen LogP contribution in [0.2, 0.25) is 0 Å². The molecule has 0 aliphatic heterocycles. The Bertz CT molecular complexity index is 1310. The summed E-state index contributed by atoms with van der Waals surface area (Å²) in [5.41, 5.74) is 4.52. The number of benzene rings is 3. The number of hydrogen-bond acceptors (Lipinski definition) is 5. The Balaban J connectivity index is 1.65. The van der Waals surface area contributed by atoms with Crippen molar-refractivity contribution in [2.24, 2.45) is 0 Å². The van der Waals surface area contributed by atoms with Crippen LogP contribution in [0.5, 0.6) is 23.1 Å². The first-order valence-corrected chi connectivity index (χ1v) is 11.9. The quantitative estimate of drug-likeness (QED) is 0.293. The zero-order valence-corrected chi connectivity index (χ0v) is 21.1. The van der Waals surface area contributed by atoms with Crippen LogP contribution >= 0.6 is 0 Å². The molecular formula is C29H31N3O4. The van der Waals surface area contributed by atoms with Gasteiger partial charge in [0, 0.05) is 17.7 Å². The minimum Gasteiger partial charge on any atom is -0.497 e. The lowest BCUT2D eigenvalue weighted by Crippen LogP contribution is -2.13. The van der Waals surface area contributed by atoms with Crippen molar-refractivity contribution in [3.8, 4) is 28.8 Å². The minimum atomic E-state index is -0.0600. The van der Waals surface area contributed by atoms with Crippen molar-refractivity contribution in [3.05, 3.63) is 89.6 Å². The molecule has 7 heteroatoms. The summed E-state index contributed by atoms with van der Waals surface area (Å²) in [6.07, 6.45) is 1.49. The number of anilines is 1. The summed E-state index contributed by atoms with van der Waals surface area (Å²) in [6, 6.07) is 22.8. The number of nitrogens with zero attached hydrogens (tertiary/aromatic N) is 2. The highest BCUT2D eigenvalue weighted by atomic mass is 16.5. The topological polar surface area (TPSA) is 74.6 Å². The lowest BCUT2D eigenvalue weighted by atomic mass is 10.1. The molecule has 0 saturated heterocycles. The maximum atomic E-state index is 12.8. The predicted molar refractivity (Wildman–Crippen MR) is 141 cm³/mol. The molecule has 0 fully saturated rings. The van der Waals surface area contributed by atoms with Gasteiger partial charge in [0.15, 0.2) is 0 Å². The van der Waals surface area contributed by atoms with E-state index in [1.165, 1.54) is 0 Å². The van der Waals surface area contributed by atoms with E-state index in [9.17, 15) is 4.79 Å². The average Bonchev–Trinajstić information content (AvgIpc) is 3.25. The van der Waals surface area contributed by atoms with Crippen molar-refractivity contribution in [1.82, 2.24) is 9.78 Å². The van der Waals surface area contributed by atoms with Crippen molar-refractivity contribution >= 4 is 11.6 Å². The third-order valence-corrected chi connectivity index (χ3v) is 5.85. The van der Waals surface area contributed by atoms with E-state index in [1.54, 1.807) is 18.9 Å². The summed E-state index contributed by atoms with van der Waals surface area (Å²) in [6.45, 7) is 4.05. The number of carbonyl (C=O) groups excluding carboxylic acids is 1. The van der Waals surface area contributed by atoms with Crippen molar-refractivity contribution < 1.29 is 19.0 Å². The number of methoxy groups -OCH3 is 2. The van der Waals surface area contributed by atoms with Crippen molar-refractivity contribution in [2.45, 2.75) is 33.1 Å². The molecule has 36 heavy (non-hydrogen) atoms. The zero-order valence-electron chi connectivity index (χ0n) is 21.1. The smallest absolute Gasteiger partial charge is 0.226 e. The van der Waals surface area contributed by atoms with Gasteiger partial charge in [-0.2, -0.15) is 5.10 Å². The van der Waals surface area contributed by atoms with E-state index in [2.05, 4.69) is 5.32 Å². The summed E-state index contributed by atoms with van der Waals surface area (Å²) >= 11 is 0. The first kappa shape index (κ1) is 24.9. The molecule has 1 heterocycles. The fraction of sp³-hybridized carbons (Fsp3) is 0.241. The summed E-state index contributed by atoms with van der Waals surface area (Å²) in [4.78, 5) is 12.8. The Morgan fingerprint density at radius 1 is 0.917 bits per heavy atom. The van der Waals surface area contributed by atoms with E-state index in [0.29, 0.717) is 30.9 Å². The standard InChI is InChI=1S/C29H31N3O4/c1-5-27-26(17-18-28(33)30-21-8-6-7-20(2)19-21)29(36-25-15-13-24(35-4)14-16-25)32(31-27)22-9-11-23(34-3)12-10-22/h6-16,19H,5,17-18H2,1-4H3,(H,30,33). The third-order valence-electron chi connectivity index (χ3n) is 5.85. The molecule has 0 aliphatic rings. The number of aryl methyl sites for hydroxylation is 2. The van der Waals surface area contributed by atoms with Crippen LogP contribution < -0.4 is 19.5 Å². The van der Waals surface area contributed by atoms with Gasteiger partial charge >= 0.3 is 0 Å². The first-order valence-electron chi connectivity index (χ1n) is 11.9. The van der Waals surface area contributed by atoms with Crippen LogP contribution in [0.1, 0.15) is 30.2 Å². The number of amides is 1. The third kappa shape index (κ3) is 5.86. The van der Waals surface area contributed by atoms with Gasteiger partial charge in [-0.05, 0) is 86.0 Å². The molecule has 0 bridgehead atoms. The van der Waals surface area contributed by atoms with Gasteiger partial charge in [0.2, 0.25) is 11.8 Å². The number of carbonyl (C=O) groups is 1. The minimum absolute atomic E-state index is 0.0600. The van der Waals surface area contributed by atoms with Gasteiger partial charge in [-0.15, -0.1) is 0 Å². The second-order valence-electron chi connectivity index (χ2n) is 8.39. The Kier molecular flexibility index (Phi) is 7.90. The molecule has 7 nitrogen and oxygen atoms in total. The van der Waals surface area contributed by atoms with Crippen LogP contribution in [0.15, 0.2) is 72.8 Å². The van der Waals surface area contributed by atoms with Crippen LogP contribution in [0.4, 0.5) is 5.69 Å². The normalized spacial score (nSPS) is 10.7. The molecule has 186 valence electrons. The van der Waals surface area contributed by atoms with Crippen molar-refractivity contribution in [1.29, 1.82) is 0 Å². The number of ether oxygens (including phenoxy) is 3. The SMILES string of the molecule is CCc1nn(-c2ccc(OC)cc2)c(Oc2ccc(OC)cc2)c1CCC(=O)Nc1cccc(C)c1. The largest absolute Gasteiger partial charge is 0.497 e. The molecule has 4 aromatic rings. The summed E-state index contributed by atoms with van der Waals surface area (Å²) in [7, 11) is 3.26. The highest BCUT2D eigenvalue weighted by molar-refractivity contribution is 5.91. The maximum Gasteiger partial charge on any atom is 0.226 e. The Morgan fingerprint density at radius 3 is 2.17 bits per heavy atom. The number of aromatic nitrogens is 2. The Labute approximate surface area is 211 Å². The molecule has 0 spiro atoms. The molecular weight excluding hydrogens is 454 g/mol. The summed E-state index contributed by atoms with van der Waals surface area (Å²) in [5.74, 6) is 2.68. The molecule has 4 rings (SSSR count). The van der Waals surface area contributed by atoms with Gasteiger partial charge in [-0.3, -0.25) is 4.79 Å². The van der Waals surface area contributed by atoms with Crippen LogP contribution in [-0.4, -0.2) is 29.9 Å². The molecule has 1 amide bonds. The Hall–Kier alpha value is -4.26. The lowest BCUT2D eigenvalue weighted by Gasteiger charge is -2.12. The molecule has 3 aromatic carbocycles. The predicted octanol–water partition coefficient (Wildman–Crippen LogP) is 6.12. The molecule has 0 aliphatic carbocycles. The van der Waals surface area contributed by atoms with E-state index in [-0.39, 0.29) is 5.91 Å². The first-order chi connectivity index (χ1) is 17.5. The van der Waals surface area contributed by atoms with E-state index in [4.69, 9.17) is 19.3 Å². The second kappa shape index (κ2) is 11.4. The molecule has 0 unspecified atom stereocenters. The molecule has 0 saturated carbocycles. The maximum absolute atomic E-state index is 12.8. The Morgan fingerprint density at radius 2 is 1.56 bits per heavy atom. The van der Waals surface area contributed by atoms with Crippen LogP contribution in [0.25, 0.3) is 5.69 Å². The average molecular weight is 486 g/mol. The highest BCUT2D eigenvalue weighted by Crippen LogP contribution is 2.33. The van der Waals surface area contributed by atoms with E-state index >= 15 is 0 Å². The molecule has 0 atom stereocenters. The van der Waals surface area contributed by atoms with Crippen LogP contribution in [0, 0.1) is 6.92 Å². The summed E-state index contributed by atoms with van der Waals surface area (Å²) < 4.78 is 18.7. The van der Waals surface area contributed by atoms with Gasteiger partial charge in [0.25, 0.3) is 0 Å². The van der Waals surface area contributed by atoms with Crippen molar-refractivity contribution in [3.63, 3.8) is 0 Å². The number of hydrogen-bond donors (Lipinski definition) is 1. The molecule has 1 aromatic heterocycles. The van der Waals surface area contributed by atoms with E-state index < -0.39 is 0 Å². The van der Waals surface area contributed by atoms with Gasteiger partial charge in [0.05, 0.1) is 25.6 Å². The molecule has 1 N–H and O–H groups in total. The monoisotopic (exact) mass is 485 g/mol. The highest BCUT2D eigenvalue weighted by Gasteiger charge is 2.21. The van der Waals surface area contributed by atoms with E-state index in [1.807, 2.05) is 86.6 Å². The number of nitrogens with one attached hydrogen (secondary N) is 1. The zero-order chi connectivity index (χ0) is 25.5. The number of rotatable bonds is 10. The summed E-state index contributed by atoms with van der Waals surface area (Å²) in [5, 5.41) is 7.84. The molecule has 0 radical (unpaired) electrons. The van der Waals surface area contributed by atoms with Crippen molar-refractivity contribution in [2.75, 3.05) is 19.5 Å². The second-order valence-corrected chi connectivity index (χ2v) is 8.39.